The van der Waals surface area contributed by atoms with E-state index in [0.717, 1.165) is 18.4 Å². The second-order valence-electron chi connectivity index (χ2n) is 10.3. The van der Waals surface area contributed by atoms with Crippen molar-refractivity contribution in [2.24, 2.45) is 5.92 Å². The highest BCUT2D eigenvalue weighted by atomic mass is 35.5. The Morgan fingerprint density at radius 3 is 2.23 bits per heavy atom. The molecule has 1 heterocycles. The fraction of sp³-hybridized carbons (Fsp3) is 0.370. The topological polar surface area (TPSA) is 164 Å². The molecule has 236 valence electrons. The number of nitrogens with one attached hydrogen (secondary N) is 4. The summed E-state index contributed by atoms with van der Waals surface area (Å²) >= 11 is 6.00. The van der Waals surface area contributed by atoms with Crippen molar-refractivity contribution >= 4 is 51.0 Å². The summed E-state index contributed by atoms with van der Waals surface area (Å²) in [7, 11) is -3.92. The minimum absolute atomic E-state index is 0.0114. The van der Waals surface area contributed by atoms with E-state index in [1.54, 1.807) is 26.0 Å². The molecule has 2 aromatic carbocycles. The lowest BCUT2D eigenvalue weighted by Gasteiger charge is -2.19. The first-order chi connectivity index (χ1) is 20.6. The van der Waals surface area contributed by atoms with Gasteiger partial charge in [0.25, 0.3) is 5.91 Å². The lowest BCUT2D eigenvalue weighted by Crippen LogP contribution is -2.39. The molecule has 0 atom stereocenters. The number of alkyl halides is 3. The fourth-order valence-corrected chi connectivity index (χ4v) is 4.97. The number of sulfonamides is 1. The third-order valence-corrected chi connectivity index (χ3v) is 7.82. The molecule has 0 saturated heterocycles. The van der Waals surface area contributed by atoms with Gasteiger partial charge in [-0.2, -0.15) is 28.1 Å². The van der Waals surface area contributed by atoms with Crippen molar-refractivity contribution in [2.75, 3.05) is 29.5 Å². The van der Waals surface area contributed by atoms with Gasteiger partial charge in [-0.05, 0) is 54.8 Å². The molecule has 0 unspecified atom stereocenters. The van der Waals surface area contributed by atoms with Crippen LogP contribution in [-0.2, 0) is 20.4 Å². The number of amides is 2. The second-order valence-corrected chi connectivity index (χ2v) is 12.6. The predicted molar refractivity (Wildman–Crippen MR) is 156 cm³/mol. The first-order valence-corrected chi connectivity index (χ1v) is 15.4. The van der Waals surface area contributed by atoms with Gasteiger partial charge in [0, 0.05) is 28.7 Å². The fourth-order valence-electron chi connectivity index (χ4n) is 3.83. The number of carbonyl (C=O) groups excluding carboxylic acids is 2. The summed E-state index contributed by atoms with van der Waals surface area (Å²) in [5.41, 5.74) is 0.962. The van der Waals surface area contributed by atoms with Crippen LogP contribution in [0.15, 0.2) is 48.5 Å². The highest BCUT2D eigenvalue weighted by Gasteiger charge is 2.45. The van der Waals surface area contributed by atoms with Gasteiger partial charge >= 0.3 is 12.2 Å². The van der Waals surface area contributed by atoms with Crippen LogP contribution in [0.2, 0.25) is 5.02 Å². The quantitative estimate of drug-likeness (QED) is 0.210. The Hall–Kier alpha value is -4.18. The zero-order valence-corrected chi connectivity index (χ0v) is 25.1. The smallest absolute Gasteiger partial charge is 0.422 e. The molecule has 1 aromatic heterocycles. The lowest BCUT2D eigenvalue weighted by atomic mass is 10.1. The van der Waals surface area contributed by atoms with Gasteiger partial charge in [-0.25, -0.2) is 8.42 Å². The van der Waals surface area contributed by atoms with Crippen molar-refractivity contribution in [3.63, 3.8) is 0 Å². The molecule has 4 N–H and O–H groups in total. The maximum atomic E-state index is 12.8. The highest BCUT2D eigenvalue weighted by molar-refractivity contribution is 7.90. The van der Waals surface area contributed by atoms with E-state index in [9.17, 15) is 31.2 Å². The number of ether oxygens (including phenoxy) is 1. The Balaban J connectivity index is 1.43. The van der Waals surface area contributed by atoms with E-state index in [4.69, 9.17) is 16.3 Å². The lowest BCUT2D eigenvalue weighted by molar-refractivity contribution is -0.154. The number of anilines is 3. The van der Waals surface area contributed by atoms with Crippen molar-refractivity contribution in [1.82, 2.24) is 25.0 Å². The van der Waals surface area contributed by atoms with Crippen LogP contribution < -0.4 is 25.4 Å². The summed E-state index contributed by atoms with van der Waals surface area (Å²) in [6, 6.07) is 12.5. The van der Waals surface area contributed by atoms with Gasteiger partial charge in [0.1, 0.15) is 0 Å². The largest absolute Gasteiger partial charge is 0.454 e. The molecule has 2 amide bonds. The van der Waals surface area contributed by atoms with Crippen molar-refractivity contribution in [3.8, 4) is 6.01 Å². The number of hydrogen-bond acceptors (Lipinski definition) is 10. The van der Waals surface area contributed by atoms with Crippen molar-refractivity contribution in [2.45, 2.75) is 38.4 Å². The van der Waals surface area contributed by atoms with Crippen molar-refractivity contribution < 1.29 is 35.9 Å². The van der Waals surface area contributed by atoms with Gasteiger partial charge in [0.2, 0.25) is 27.8 Å². The number of halogens is 4. The zero-order valence-electron chi connectivity index (χ0n) is 23.5. The molecule has 0 radical (unpaired) electrons. The van der Waals surface area contributed by atoms with Crippen LogP contribution in [-0.4, -0.2) is 60.3 Å². The first kappa shape index (κ1) is 32.7. The Kier molecular flexibility index (Phi) is 9.83. The van der Waals surface area contributed by atoms with Crippen molar-refractivity contribution in [1.29, 1.82) is 0 Å². The van der Waals surface area contributed by atoms with E-state index in [2.05, 4.69) is 30.9 Å². The van der Waals surface area contributed by atoms with Crippen LogP contribution in [0.3, 0.4) is 0 Å². The highest BCUT2D eigenvalue weighted by Crippen LogP contribution is 2.48. The summed E-state index contributed by atoms with van der Waals surface area (Å²) < 4.78 is 69.2. The molecule has 17 heteroatoms. The molecule has 0 aliphatic heterocycles. The molecule has 1 fully saturated rings. The summed E-state index contributed by atoms with van der Waals surface area (Å²) in [6.07, 6.45) is -3.16. The average molecular weight is 656 g/mol. The second kappa shape index (κ2) is 13.2. The summed E-state index contributed by atoms with van der Waals surface area (Å²) in [5, 5.41) is 9.06. The van der Waals surface area contributed by atoms with Crippen LogP contribution in [0.1, 0.15) is 42.6 Å². The van der Waals surface area contributed by atoms with E-state index < -0.39 is 57.8 Å². The molecule has 1 aliphatic carbocycles. The number of hydrogen-bond donors (Lipinski definition) is 4. The molecule has 3 aromatic rings. The Bertz CT molecular complexity index is 1600. The van der Waals surface area contributed by atoms with Crippen LogP contribution >= 0.6 is 11.6 Å². The van der Waals surface area contributed by atoms with Crippen LogP contribution in [0, 0.1) is 5.92 Å². The molecule has 44 heavy (non-hydrogen) atoms. The summed E-state index contributed by atoms with van der Waals surface area (Å²) in [4.78, 5) is 36.4. The normalized spacial score (nSPS) is 14.1. The van der Waals surface area contributed by atoms with E-state index >= 15 is 0 Å². The van der Waals surface area contributed by atoms with E-state index in [0.29, 0.717) is 10.7 Å². The van der Waals surface area contributed by atoms with E-state index in [1.807, 2.05) is 16.9 Å². The number of benzene rings is 2. The minimum Gasteiger partial charge on any atom is -0.454 e. The van der Waals surface area contributed by atoms with Crippen LogP contribution in [0.25, 0.3) is 0 Å². The first-order valence-electron chi connectivity index (χ1n) is 13.3. The zero-order chi connectivity index (χ0) is 32.1. The van der Waals surface area contributed by atoms with Gasteiger partial charge in [-0.15, -0.1) is 0 Å². The summed E-state index contributed by atoms with van der Waals surface area (Å²) in [5.74, 6) is -2.35. The molecule has 4 rings (SSSR count). The molecule has 1 saturated carbocycles. The molecule has 1 aliphatic rings. The Labute approximate surface area is 256 Å². The number of carbonyl (C=O) groups is 2. The third-order valence-electron chi connectivity index (χ3n) is 6.32. The minimum atomic E-state index is -4.61. The molecule has 12 nitrogen and oxygen atoms in total. The SMILES string of the molecule is CC(C)C(=O)NS(=O)(=O)CCNC(=O)c1ccc(Nc2nc(NC3(c4ccc(Cl)cc4)CC3)nc(OCC(F)(F)F)n2)cc1. The molecular weight excluding hydrogens is 627 g/mol. The summed E-state index contributed by atoms with van der Waals surface area (Å²) in [6.45, 7) is 1.26. The standard InChI is InChI=1S/C27H29ClF3N7O5S/c1-16(2)21(39)38-44(41,42)14-13-32-22(40)17-3-9-20(10-4-17)33-23-34-24(36-25(35-23)43-15-27(29,30)31)37-26(11-12-26)18-5-7-19(28)8-6-18/h3-10,16H,11-15H2,1-2H3,(H,32,40)(H,38,39)(H2,33,34,35,36,37). The Morgan fingerprint density at radius 1 is 1.00 bits per heavy atom. The number of rotatable bonds is 13. The Morgan fingerprint density at radius 2 is 1.64 bits per heavy atom. The van der Waals surface area contributed by atoms with Gasteiger partial charge in [-0.1, -0.05) is 37.6 Å². The van der Waals surface area contributed by atoms with Crippen molar-refractivity contribution in [3.05, 3.63) is 64.7 Å². The predicted octanol–water partition coefficient (Wildman–Crippen LogP) is 4.14. The van der Waals surface area contributed by atoms with E-state index in [1.165, 1.54) is 24.3 Å². The monoisotopic (exact) mass is 655 g/mol. The maximum Gasteiger partial charge on any atom is 0.422 e. The molecular formula is C27H29ClF3N7O5S. The van der Waals surface area contributed by atoms with Crippen LogP contribution in [0.4, 0.5) is 30.8 Å². The third kappa shape index (κ3) is 9.41. The molecule has 0 spiro atoms. The van der Waals surface area contributed by atoms with Gasteiger partial charge < -0.3 is 20.7 Å². The van der Waals surface area contributed by atoms with Gasteiger partial charge in [0.05, 0.1) is 11.3 Å². The maximum absolute atomic E-state index is 12.8. The average Bonchev–Trinajstić information content (AvgIpc) is 3.72. The van der Waals surface area contributed by atoms with E-state index in [-0.39, 0.29) is 24.0 Å². The van der Waals surface area contributed by atoms with Crippen LogP contribution in [0.5, 0.6) is 6.01 Å². The van der Waals surface area contributed by atoms with Gasteiger partial charge in [-0.3, -0.25) is 14.3 Å². The number of aromatic nitrogens is 3. The number of nitrogens with zero attached hydrogens (tertiary/aromatic N) is 3. The van der Waals surface area contributed by atoms with Gasteiger partial charge in [0.15, 0.2) is 6.61 Å². The molecule has 0 bridgehead atoms.